The van der Waals surface area contributed by atoms with Crippen molar-refractivity contribution in [1.82, 2.24) is 15.5 Å². The number of aliphatic hydroxyl groups is 1. The smallest absolute Gasteiger partial charge is 0.321 e. The summed E-state index contributed by atoms with van der Waals surface area (Å²) in [6.07, 6.45) is 5.54. The lowest BCUT2D eigenvalue weighted by Gasteiger charge is -2.37. The van der Waals surface area contributed by atoms with Gasteiger partial charge in [-0.3, -0.25) is 15.0 Å². The van der Waals surface area contributed by atoms with Gasteiger partial charge in [0.05, 0.1) is 6.54 Å². The van der Waals surface area contributed by atoms with Crippen molar-refractivity contribution in [3.8, 4) is 0 Å². The Kier molecular flexibility index (Phi) is 7.14. The van der Waals surface area contributed by atoms with Crippen LogP contribution in [0.5, 0.6) is 0 Å². The number of carbonyl (C=O) groups is 2. The summed E-state index contributed by atoms with van der Waals surface area (Å²) in [5.41, 5.74) is 0. The van der Waals surface area contributed by atoms with Crippen LogP contribution in [0, 0.1) is 0 Å². The maximum absolute atomic E-state index is 11.7. The van der Waals surface area contributed by atoms with Crippen molar-refractivity contribution in [3.63, 3.8) is 0 Å². The molecule has 3 amide bonds. The lowest BCUT2D eigenvalue weighted by molar-refractivity contribution is -0.122. The molecule has 0 aliphatic heterocycles. The average Bonchev–Trinajstić information content (AvgIpc) is 2.31. The molecule has 0 aromatic rings. The zero-order valence-electron chi connectivity index (χ0n) is 11.2. The van der Waals surface area contributed by atoms with Crippen LogP contribution in [0.3, 0.4) is 0 Å². The number of nitrogens with one attached hydrogen (secondary N) is 2. The van der Waals surface area contributed by atoms with Crippen molar-refractivity contribution in [2.24, 2.45) is 0 Å². The molecule has 0 atom stereocenters. The molecule has 108 valence electrons. The van der Waals surface area contributed by atoms with Crippen LogP contribution in [0.4, 0.5) is 4.79 Å². The second kappa shape index (κ2) is 8.66. The molecule has 3 N–H and O–H groups in total. The van der Waals surface area contributed by atoms with Gasteiger partial charge in [-0.2, -0.15) is 0 Å². The average molecular weight is 269 g/mol. The number of hydrogen-bond donors (Lipinski definition) is 3. The van der Waals surface area contributed by atoms with Crippen molar-refractivity contribution in [2.45, 2.75) is 31.7 Å². The Morgan fingerprint density at radius 1 is 1.42 bits per heavy atom. The lowest BCUT2D eigenvalue weighted by atomic mass is 9.91. The number of amides is 3. The van der Waals surface area contributed by atoms with E-state index >= 15 is 0 Å². The summed E-state index contributed by atoms with van der Waals surface area (Å²) in [7, 11) is 0. The Balaban J connectivity index is 2.33. The lowest BCUT2D eigenvalue weighted by Crippen LogP contribution is -2.49. The van der Waals surface area contributed by atoms with E-state index in [1.165, 1.54) is 6.42 Å². The molecule has 19 heavy (non-hydrogen) atoms. The van der Waals surface area contributed by atoms with Crippen LogP contribution in [0.15, 0.2) is 12.7 Å². The van der Waals surface area contributed by atoms with E-state index in [1.807, 2.05) is 4.90 Å². The van der Waals surface area contributed by atoms with Gasteiger partial charge in [0.25, 0.3) is 0 Å². The quantitative estimate of drug-likeness (QED) is 0.551. The minimum absolute atomic E-state index is 0.116. The molecule has 0 aromatic carbocycles. The first-order valence-electron chi connectivity index (χ1n) is 6.71. The van der Waals surface area contributed by atoms with Gasteiger partial charge in [-0.1, -0.05) is 12.5 Å². The predicted molar refractivity (Wildman–Crippen MR) is 72.7 cm³/mol. The first-order valence-corrected chi connectivity index (χ1v) is 6.71. The van der Waals surface area contributed by atoms with Gasteiger partial charge in [0.15, 0.2) is 0 Å². The van der Waals surface area contributed by atoms with Gasteiger partial charge >= 0.3 is 6.03 Å². The molecule has 6 heteroatoms. The monoisotopic (exact) mass is 269 g/mol. The second-order valence-electron chi connectivity index (χ2n) is 4.68. The molecule has 0 radical (unpaired) electrons. The van der Waals surface area contributed by atoms with Crippen LogP contribution in [-0.4, -0.2) is 54.2 Å². The Labute approximate surface area is 113 Å². The number of imide groups is 1. The summed E-state index contributed by atoms with van der Waals surface area (Å²) in [4.78, 5) is 25.1. The summed E-state index contributed by atoms with van der Waals surface area (Å²) < 4.78 is 0. The Bertz CT molecular complexity index is 316. The van der Waals surface area contributed by atoms with Crippen LogP contribution >= 0.6 is 0 Å². The van der Waals surface area contributed by atoms with Crippen molar-refractivity contribution < 1.29 is 14.7 Å². The number of aliphatic hydroxyl groups excluding tert-OH is 1. The maximum atomic E-state index is 11.7. The molecule has 0 saturated heterocycles. The fourth-order valence-corrected chi connectivity index (χ4v) is 1.98. The summed E-state index contributed by atoms with van der Waals surface area (Å²) >= 11 is 0. The molecule has 1 fully saturated rings. The molecule has 1 rings (SSSR count). The Morgan fingerprint density at radius 3 is 2.68 bits per heavy atom. The van der Waals surface area contributed by atoms with Crippen molar-refractivity contribution in [1.29, 1.82) is 0 Å². The molecule has 6 nitrogen and oxygen atoms in total. The standard InChI is InChI=1S/C13H23N3O3/c1-2-7-14-13(19)15-12(18)10-16(8-4-9-17)11-5-3-6-11/h2,11,17H,1,3-10H2,(H2,14,15,18,19). The number of hydrogen-bond acceptors (Lipinski definition) is 4. The van der Waals surface area contributed by atoms with Crippen LogP contribution in [0.2, 0.25) is 0 Å². The molecule has 1 aliphatic rings. The first kappa shape index (κ1) is 15.7. The van der Waals surface area contributed by atoms with E-state index in [0.717, 1.165) is 12.8 Å². The van der Waals surface area contributed by atoms with E-state index in [2.05, 4.69) is 17.2 Å². The number of rotatable bonds is 8. The molecule has 0 aromatic heterocycles. The van der Waals surface area contributed by atoms with E-state index in [4.69, 9.17) is 5.11 Å². The van der Waals surface area contributed by atoms with E-state index < -0.39 is 6.03 Å². The third kappa shape index (κ3) is 5.85. The highest BCUT2D eigenvalue weighted by Crippen LogP contribution is 2.24. The minimum atomic E-state index is -0.499. The van der Waals surface area contributed by atoms with Crippen molar-refractivity contribution in [2.75, 3.05) is 26.2 Å². The molecule has 0 spiro atoms. The van der Waals surface area contributed by atoms with Crippen LogP contribution in [-0.2, 0) is 4.79 Å². The van der Waals surface area contributed by atoms with Crippen molar-refractivity contribution in [3.05, 3.63) is 12.7 Å². The first-order chi connectivity index (χ1) is 9.17. The maximum Gasteiger partial charge on any atom is 0.321 e. The fraction of sp³-hybridized carbons (Fsp3) is 0.692. The van der Waals surface area contributed by atoms with Gasteiger partial charge in [0.2, 0.25) is 5.91 Å². The van der Waals surface area contributed by atoms with E-state index in [-0.39, 0.29) is 19.1 Å². The Hall–Kier alpha value is -1.40. The third-order valence-electron chi connectivity index (χ3n) is 3.20. The zero-order chi connectivity index (χ0) is 14.1. The molecule has 1 aliphatic carbocycles. The van der Waals surface area contributed by atoms with Crippen LogP contribution in [0.1, 0.15) is 25.7 Å². The highest BCUT2D eigenvalue weighted by Gasteiger charge is 2.26. The van der Waals surface area contributed by atoms with Crippen LogP contribution in [0.25, 0.3) is 0 Å². The third-order valence-corrected chi connectivity index (χ3v) is 3.20. The van der Waals surface area contributed by atoms with Crippen molar-refractivity contribution >= 4 is 11.9 Å². The highest BCUT2D eigenvalue weighted by atomic mass is 16.3. The molecular formula is C13H23N3O3. The Morgan fingerprint density at radius 2 is 2.16 bits per heavy atom. The van der Waals surface area contributed by atoms with Gasteiger partial charge in [-0.25, -0.2) is 4.79 Å². The second-order valence-corrected chi connectivity index (χ2v) is 4.68. The van der Waals surface area contributed by atoms with Crippen LogP contribution < -0.4 is 10.6 Å². The number of carbonyl (C=O) groups excluding carboxylic acids is 2. The zero-order valence-corrected chi connectivity index (χ0v) is 11.2. The van der Waals surface area contributed by atoms with Gasteiger partial charge < -0.3 is 10.4 Å². The van der Waals surface area contributed by atoms with Gasteiger partial charge in [0, 0.05) is 25.7 Å². The number of nitrogens with zero attached hydrogens (tertiary/aromatic N) is 1. The molecular weight excluding hydrogens is 246 g/mol. The van der Waals surface area contributed by atoms with E-state index in [9.17, 15) is 9.59 Å². The summed E-state index contributed by atoms with van der Waals surface area (Å²) in [5.74, 6) is -0.314. The molecule has 0 bridgehead atoms. The summed E-state index contributed by atoms with van der Waals surface area (Å²) in [6.45, 7) is 4.81. The molecule has 1 saturated carbocycles. The van der Waals surface area contributed by atoms with E-state index in [0.29, 0.717) is 25.6 Å². The molecule has 0 unspecified atom stereocenters. The largest absolute Gasteiger partial charge is 0.396 e. The van der Waals surface area contributed by atoms with Gasteiger partial charge in [0.1, 0.15) is 0 Å². The highest BCUT2D eigenvalue weighted by molar-refractivity contribution is 5.95. The van der Waals surface area contributed by atoms with E-state index in [1.54, 1.807) is 6.08 Å². The SMILES string of the molecule is C=CCNC(=O)NC(=O)CN(CCCO)C1CCC1. The molecule has 0 heterocycles. The predicted octanol–water partition coefficient (Wildman–Crippen LogP) is 0.235. The minimum Gasteiger partial charge on any atom is -0.396 e. The summed E-state index contributed by atoms with van der Waals surface area (Å²) in [5, 5.41) is 13.6. The van der Waals surface area contributed by atoms with Gasteiger partial charge in [-0.15, -0.1) is 6.58 Å². The number of urea groups is 1. The normalized spacial score (nSPS) is 14.8. The topological polar surface area (TPSA) is 81.7 Å². The summed E-state index contributed by atoms with van der Waals surface area (Å²) in [6, 6.07) is -0.0887. The van der Waals surface area contributed by atoms with Gasteiger partial charge in [-0.05, 0) is 19.3 Å². The fourth-order valence-electron chi connectivity index (χ4n) is 1.98.